The summed E-state index contributed by atoms with van der Waals surface area (Å²) in [4.78, 5) is 3.95. The van der Waals surface area contributed by atoms with Crippen molar-refractivity contribution in [3.63, 3.8) is 0 Å². The number of hydrogen-bond donors (Lipinski definition) is 2. The molecule has 0 heterocycles. The molecule has 0 saturated heterocycles. The first-order chi connectivity index (χ1) is 2.81. The molecule has 0 rings (SSSR count). The molecule has 3 nitrogen and oxygen atoms in total. The van der Waals surface area contributed by atoms with E-state index in [-0.39, 0.29) is 0 Å². The van der Waals surface area contributed by atoms with Gasteiger partial charge in [0.15, 0.2) is 6.29 Å². The van der Waals surface area contributed by atoms with Crippen LogP contribution < -0.4 is 5.90 Å². The highest BCUT2D eigenvalue weighted by atomic mass is 16.7. The van der Waals surface area contributed by atoms with Gasteiger partial charge in [-0.3, -0.25) is 4.84 Å². The zero-order chi connectivity index (χ0) is 4.99. The van der Waals surface area contributed by atoms with Gasteiger partial charge in [0, 0.05) is 0 Å². The van der Waals surface area contributed by atoms with Crippen LogP contribution in [0.1, 0.15) is 13.3 Å². The Bertz CT molecular complexity index is 28.0. The van der Waals surface area contributed by atoms with Gasteiger partial charge in [0.05, 0.1) is 0 Å². The average Bonchev–Trinajstić information content (AvgIpc) is 1.65. The van der Waals surface area contributed by atoms with Gasteiger partial charge in [-0.05, 0) is 6.42 Å². The van der Waals surface area contributed by atoms with Gasteiger partial charge in [0.25, 0.3) is 0 Å². The zero-order valence-electron chi connectivity index (χ0n) is 3.72. The lowest BCUT2D eigenvalue weighted by atomic mass is 10.5. The second-order valence-corrected chi connectivity index (χ2v) is 0.999. The minimum absolute atomic E-state index is 0.538. The fourth-order valence-electron chi connectivity index (χ4n) is 0.0962. The lowest BCUT2D eigenvalue weighted by Crippen LogP contribution is -2.14. The van der Waals surface area contributed by atoms with E-state index < -0.39 is 6.29 Å². The second-order valence-electron chi connectivity index (χ2n) is 0.999. The summed E-state index contributed by atoms with van der Waals surface area (Å²) >= 11 is 0. The standard InChI is InChI=1S/C3H9NO2/c1-2-3(5)6-4/h3,5H,2,4H2,1H3/t3-/m1/s1. The lowest BCUT2D eigenvalue weighted by Gasteiger charge is -1.99. The maximum atomic E-state index is 8.32. The fourth-order valence-corrected chi connectivity index (χ4v) is 0.0962. The zero-order valence-corrected chi connectivity index (χ0v) is 3.72. The van der Waals surface area contributed by atoms with Crippen molar-refractivity contribution in [1.82, 2.24) is 0 Å². The van der Waals surface area contributed by atoms with E-state index in [9.17, 15) is 0 Å². The fraction of sp³-hybridized carbons (Fsp3) is 1.00. The Hall–Kier alpha value is -0.120. The van der Waals surface area contributed by atoms with E-state index in [1.807, 2.05) is 0 Å². The summed E-state index contributed by atoms with van der Waals surface area (Å²) in [5, 5.41) is 8.32. The van der Waals surface area contributed by atoms with Crippen LogP contribution in [0.3, 0.4) is 0 Å². The van der Waals surface area contributed by atoms with Crippen molar-refractivity contribution in [3.8, 4) is 0 Å². The van der Waals surface area contributed by atoms with Crippen LogP contribution in [-0.2, 0) is 4.84 Å². The predicted octanol–water partition coefficient (Wildman–Crippen LogP) is -0.395. The van der Waals surface area contributed by atoms with Gasteiger partial charge in [-0.25, -0.2) is 5.90 Å². The first-order valence-electron chi connectivity index (χ1n) is 1.84. The summed E-state index contributed by atoms with van der Waals surface area (Å²) in [5.74, 6) is 4.53. The van der Waals surface area contributed by atoms with E-state index >= 15 is 0 Å². The van der Waals surface area contributed by atoms with Crippen molar-refractivity contribution < 1.29 is 9.94 Å². The van der Waals surface area contributed by atoms with E-state index in [1.165, 1.54) is 0 Å². The third kappa shape index (κ3) is 2.14. The van der Waals surface area contributed by atoms with Crippen LogP contribution in [0, 0.1) is 0 Å². The van der Waals surface area contributed by atoms with Crippen molar-refractivity contribution in [2.75, 3.05) is 0 Å². The topological polar surface area (TPSA) is 55.5 Å². The Kier molecular flexibility index (Phi) is 3.02. The van der Waals surface area contributed by atoms with Gasteiger partial charge in [-0.2, -0.15) is 0 Å². The maximum absolute atomic E-state index is 8.32. The van der Waals surface area contributed by atoms with Crippen molar-refractivity contribution in [2.45, 2.75) is 19.6 Å². The van der Waals surface area contributed by atoms with E-state index in [4.69, 9.17) is 5.11 Å². The smallest absolute Gasteiger partial charge is 0.173 e. The molecule has 0 aliphatic carbocycles. The van der Waals surface area contributed by atoms with Gasteiger partial charge >= 0.3 is 0 Å². The summed E-state index contributed by atoms with van der Waals surface area (Å²) in [7, 11) is 0. The molecule has 0 bridgehead atoms. The minimum Gasteiger partial charge on any atom is -0.366 e. The molecule has 0 aromatic rings. The number of rotatable bonds is 2. The minimum atomic E-state index is -0.787. The Morgan fingerprint density at radius 3 is 2.50 bits per heavy atom. The number of aliphatic hydroxyl groups excluding tert-OH is 1. The maximum Gasteiger partial charge on any atom is 0.173 e. The van der Waals surface area contributed by atoms with Crippen LogP contribution in [-0.4, -0.2) is 11.4 Å². The van der Waals surface area contributed by atoms with Crippen molar-refractivity contribution in [2.24, 2.45) is 5.90 Å². The third-order valence-electron chi connectivity index (χ3n) is 0.506. The molecule has 3 heteroatoms. The Labute approximate surface area is 36.7 Å². The van der Waals surface area contributed by atoms with E-state index in [2.05, 4.69) is 10.7 Å². The highest BCUT2D eigenvalue weighted by molar-refractivity contribution is 4.25. The van der Waals surface area contributed by atoms with Crippen molar-refractivity contribution in [3.05, 3.63) is 0 Å². The van der Waals surface area contributed by atoms with Crippen LogP contribution in [0.25, 0.3) is 0 Å². The van der Waals surface area contributed by atoms with Gasteiger partial charge in [0.1, 0.15) is 0 Å². The molecule has 6 heavy (non-hydrogen) atoms. The predicted molar refractivity (Wildman–Crippen MR) is 21.6 cm³/mol. The van der Waals surface area contributed by atoms with Crippen LogP contribution in [0.4, 0.5) is 0 Å². The van der Waals surface area contributed by atoms with Crippen LogP contribution in [0.15, 0.2) is 0 Å². The Morgan fingerprint density at radius 1 is 2.00 bits per heavy atom. The van der Waals surface area contributed by atoms with E-state index in [0.29, 0.717) is 6.42 Å². The second kappa shape index (κ2) is 3.08. The molecular formula is C3H9NO2. The quantitative estimate of drug-likeness (QED) is 0.359. The van der Waals surface area contributed by atoms with E-state index in [0.717, 1.165) is 0 Å². The summed E-state index contributed by atoms with van der Waals surface area (Å²) in [5.41, 5.74) is 0. The largest absolute Gasteiger partial charge is 0.366 e. The van der Waals surface area contributed by atoms with Crippen molar-refractivity contribution >= 4 is 0 Å². The van der Waals surface area contributed by atoms with Crippen LogP contribution in [0.2, 0.25) is 0 Å². The van der Waals surface area contributed by atoms with Gasteiger partial charge in [-0.15, -0.1) is 0 Å². The normalized spacial score (nSPS) is 14.5. The molecule has 0 aliphatic rings. The van der Waals surface area contributed by atoms with Gasteiger partial charge < -0.3 is 5.11 Å². The first kappa shape index (κ1) is 5.88. The summed E-state index contributed by atoms with van der Waals surface area (Å²) in [6.07, 6.45) is -0.249. The summed E-state index contributed by atoms with van der Waals surface area (Å²) in [6, 6.07) is 0. The summed E-state index contributed by atoms with van der Waals surface area (Å²) in [6.45, 7) is 1.78. The molecule has 1 atom stereocenters. The highest BCUT2D eigenvalue weighted by Crippen LogP contribution is 1.83. The monoisotopic (exact) mass is 91.1 g/mol. The molecule has 0 radical (unpaired) electrons. The SMILES string of the molecule is CC[C@H](O)ON. The molecule has 0 amide bonds. The molecule has 0 aliphatic heterocycles. The molecule has 0 unspecified atom stereocenters. The average molecular weight is 91.1 g/mol. The molecule has 0 fully saturated rings. The molecular weight excluding hydrogens is 82.0 g/mol. The Morgan fingerprint density at radius 2 is 2.50 bits per heavy atom. The van der Waals surface area contributed by atoms with Crippen molar-refractivity contribution in [1.29, 1.82) is 0 Å². The highest BCUT2D eigenvalue weighted by Gasteiger charge is 1.91. The molecule has 0 aromatic carbocycles. The molecule has 0 aromatic heterocycles. The first-order valence-corrected chi connectivity index (χ1v) is 1.84. The molecule has 3 N–H and O–H groups in total. The summed E-state index contributed by atoms with van der Waals surface area (Å²) < 4.78 is 0. The number of hydrogen-bond acceptors (Lipinski definition) is 3. The van der Waals surface area contributed by atoms with Gasteiger partial charge in [0.2, 0.25) is 0 Å². The Balaban J connectivity index is 2.75. The molecule has 0 spiro atoms. The third-order valence-corrected chi connectivity index (χ3v) is 0.506. The van der Waals surface area contributed by atoms with Crippen LogP contribution >= 0.6 is 0 Å². The van der Waals surface area contributed by atoms with Gasteiger partial charge in [-0.1, -0.05) is 6.92 Å². The number of aliphatic hydroxyl groups is 1. The van der Waals surface area contributed by atoms with Crippen LogP contribution in [0.5, 0.6) is 0 Å². The number of nitrogens with two attached hydrogens (primary N) is 1. The molecule has 0 saturated carbocycles. The lowest BCUT2D eigenvalue weighted by molar-refractivity contribution is -0.102. The van der Waals surface area contributed by atoms with E-state index in [1.54, 1.807) is 6.92 Å². The molecule has 38 valence electrons.